The summed E-state index contributed by atoms with van der Waals surface area (Å²) in [5, 5.41) is 3.00. The minimum absolute atomic E-state index is 0.0858. The molecular weight excluding hydrogens is 318 g/mol. The van der Waals surface area contributed by atoms with Gasteiger partial charge in [0.2, 0.25) is 5.91 Å². The van der Waals surface area contributed by atoms with E-state index in [2.05, 4.69) is 20.2 Å². The van der Waals surface area contributed by atoms with Gasteiger partial charge in [0.1, 0.15) is 5.69 Å². The summed E-state index contributed by atoms with van der Waals surface area (Å²) >= 11 is 0. The molecule has 1 aliphatic heterocycles. The fourth-order valence-electron chi connectivity index (χ4n) is 3.04. The first-order valence-corrected chi connectivity index (χ1v) is 8.72. The van der Waals surface area contributed by atoms with E-state index in [1.165, 1.54) is 0 Å². The average Bonchev–Trinajstić information content (AvgIpc) is 3.45. The van der Waals surface area contributed by atoms with Gasteiger partial charge in [0.15, 0.2) is 0 Å². The Morgan fingerprint density at radius 1 is 1.08 bits per heavy atom. The van der Waals surface area contributed by atoms with E-state index in [0.29, 0.717) is 44.5 Å². The lowest BCUT2D eigenvalue weighted by Gasteiger charge is -2.34. The highest BCUT2D eigenvalue weighted by Gasteiger charge is 2.27. The van der Waals surface area contributed by atoms with Crippen molar-refractivity contribution in [2.75, 3.05) is 32.7 Å². The molecule has 130 valence electrons. The Morgan fingerprint density at radius 2 is 1.80 bits per heavy atom. The quantitative estimate of drug-likeness (QED) is 0.886. The number of amides is 2. The largest absolute Gasteiger partial charge is 0.352 e. The zero-order valence-corrected chi connectivity index (χ0v) is 14.0. The van der Waals surface area contributed by atoms with E-state index >= 15 is 0 Å². The Balaban J connectivity index is 1.34. The normalized spacial score (nSPS) is 18.3. The lowest BCUT2D eigenvalue weighted by molar-refractivity contribution is -0.122. The maximum absolute atomic E-state index is 12.7. The number of carbonyl (C=O) groups is 2. The lowest BCUT2D eigenvalue weighted by Crippen LogP contribution is -2.51. The van der Waals surface area contributed by atoms with E-state index in [1.807, 2.05) is 24.3 Å². The van der Waals surface area contributed by atoms with Crippen LogP contribution >= 0.6 is 0 Å². The van der Waals surface area contributed by atoms with Gasteiger partial charge >= 0.3 is 0 Å². The number of benzene rings is 1. The molecule has 25 heavy (non-hydrogen) atoms. The second-order valence-electron chi connectivity index (χ2n) is 6.65. The van der Waals surface area contributed by atoms with Crippen LogP contribution < -0.4 is 5.32 Å². The van der Waals surface area contributed by atoms with Gasteiger partial charge in [0, 0.05) is 32.2 Å². The number of nitrogens with one attached hydrogen (secondary N) is 1. The van der Waals surface area contributed by atoms with Gasteiger partial charge in [-0.15, -0.1) is 0 Å². The second kappa shape index (κ2) is 6.76. The summed E-state index contributed by atoms with van der Waals surface area (Å²) in [5.41, 5.74) is 1.88. The number of hydrogen-bond acceptors (Lipinski definition) is 5. The van der Waals surface area contributed by atoms with Crippen LogP contribution in [0.1, 0.15) is 23.3 Å². The maximum atomic E-state index is 12.7. The summed E-state index contributed by atoms with van der Waals surface area (Å²) in [6.07, 6.45) is 3.74. The van der Waals surface area contributed by atoms with Crippen molar-refractivity contribution in [1.82, 2.24) is 25.1 Å². The van der Waals surface area contributed by atoms with Crippen molar-refractivity contribution in [2.45, 2.75) is 18.9 Å². The van der Waals surface area contributed by atoms with Gasteiger partial charge in [-0.05, 0) is 25.0 Å². The first-order chi connectivity index (χ1) is 12.2. The van der Waals surface area contributed by atoms with E-state index in [9.17, 15) is 9.59 Å². The van der Waals surface area contributed by atoms with Crippen molar-refractivity contribution in [1.29, 1.82) is 0 Å². The van der Waals surface area contributed by atoms with E-state index in [4.69, 9.17) is 0 Å². The van der Waals surface area contributed by atoms with Gasteiger partial charge in [0.05, 0.1) is 23.8 Å². The number of hydrogen-bond donors (Lipinski definition) is 1. The van der Waals surface area contributed by atoms with Crippen LogP contribution in [-0.2, 0) is 4.79 Å². The third-order valence-corrected chi connectivity index (χ3v) is 4.64. The second-order valence-corrected chi connectivity index (χ2v) is 6.65. The predicted molar refractivity (Wildman–Crippen MR) is 93.0 cm³/mol. The molecule has 1 aliphatic carbocycles. The highest BCUT2D eigenvalue weighted by atomic mass is 16.2. The first-order valence-electron chi connectivity index (χ1n) is 8.72. The van der Waals surface area contributed by atoms with Crippen molar-refractivity contribution in [3.63, 3.8) is 0 Å². The predicted octanol–water partition coefficient (Wildman–Crippen LogP) is 0.666. The number of nitrogens with zero attached hydrogens (tertiary/aromatic N) is 4. The minimum Gasteiger partial charge on any atom is -0.352 e. The summed E-state index contributed by atoms with van der Waals surface area (Å²) in [6.45, 7) is 3.01. The lowest BCUT2D eigenvalue weighted by atomic mass is 10.2. The number of fused-ring (bicyclic) bond motifs is 1. The molecule has 2 aliphatic rings. The van der Waals surface area contributed by atoms with Crippen LogP contribution in [0.5, 0.6) is 0 Å². The minimum atomic E-state index is -0.0969. The molecule has 0 atom stereocenters. The molecule has 1 saturated carbocycles. The molecule has 0 bridgehead atoms. The monoisotopic (exact) mass is 339 g/mol. The topological polar surface area (TPSA) is 78.4 Å². The molecule has 7 nitrogen and oxygen atoms in total. The molecular formula is C18H21N5O2. The van der Waals surface area contributed by atoms with Gasteiger partial charge in [-0.25, -0.2) is 4.98 Å². The Labute approximate surface area is 146 Å². The molecule has 2 aromatic rings. The van der Waals surface area contributed by atoms with Crippen molar-refractivity contribution >= 4 is 22.8 Å². The highest BCUT2D eigenvalue weighted by Crippen LogP contribution is 2.18. The molecule has 1 aromatic heterocycles. The number of rotatable bonds is 4. The van der Waals surface area contributed by atoms with Crippen LogP contribution in [0.2, 0.25) is 0 Å². The van der Waals surface area contributed by atoms with E-state index in [0.717, 1.165) is 23.9 Å². The van der Waals surface area contributed by atoms with Crippen LogP contribution in [0.15, 0.2) is 30.5 Å². The van der Waals surface area contributed by atoms with Crippen LogP contribution in [-0.4, -0.2) is 70.3 Å². The Hall–Kier alpha value is -2.54. The molecule has 0 radical (unpaired) electrons. The zero-order chi connectivity index (χ0) is 17.2. The molecule has 2 heterocycles. The summed E-state index contributed by atoms with van der Waals surface area (Å²) in [6, 6.07) is 7.91. The van der Waals surface area contributed by atoms with Crippen LogP contribution in [0.3, 0.4) is 0 Å². The molecule has 1 saturated heterocycles. The highest BCUT2D eigenvalue weighted by molar-refractivity contribution is 5.93. The third-order valence-electron chi connectivity index (χ3n) is 4.64. The van der Waals surface area contributed by atoms with Crippen molar-refractivity contribution < 1.29 is 9.59 Å². The summed E-state index contributed by atoms with van der Waals surface area (Å²) in [7, 11) is 0. The Morgan fingerprint density at radius 3 is 2.52 bits per heavy atom. The van der Waals surface area contributed by atoms with Crippen LogP contribution in [0.4, 0.5) is 0 Å². The summed E-state index contributed by atoms with van der Waals surface area (Å²) in [5.74, 6) is -0.0111. The molecule has 2 fully saturated rings. The van der Waals surface area contributed by atoms with E-state index < -0.39 is 0 Å². The van der Waals surface area contributed by atoms with Crippen LogP contribution in [0, 0.1) is 0 Å². The van der Waals surface area contributed by atoms with Crippen molar-refractivity contribution in [2.24, 2.45) is 0 Å². The van der Waals surface area contributed by atoms with Gasteiger partial charge in [0.25, 0.3) is 5.91 Å². The number of aromatic nitrogens is 2. The van der Waals surface area contributed by atoms with Gasteiger partial charge in [-0.2, -0.15) is 0 Å². The standard InChI is InChI=1S/C18H21N5O2/c24-17(20-13-5-6-13)12-22-7-9-23(10-8-22)18(25)16-11-19-14-3-1-2-4-15(14)21-16/h1-4,11,13H,5-10,12H2,(H,20,24). The van der Waals surface area contributed by atoms with Gasteiger partial charge < -0.3 is 10.2 Å². The number of carbonyl (C=O) groups excluding carboxylic acids is 2. The first kappa shape index (κ1) is 16.0. The molecule has 1 aromatic carbocycles. The Kier molecular flexibility index (Phi) is 4.31. The molecule has 0 unspecified atom stereocenters. The molecule has 2 amide bonds. The van der Waals surface area contributed by atoms with E-state index in [1.54, 1.807) is 11.1 Å². The SMILES string of the molecule is O=C(CN1CCN(C(=O)c2cnc3ccccc3n2)CC1)NC1CC1. The van der Waals surface area contributed by atoms with E-state index in [-0.39, 0.29) is 11.8 Å². The van der Waals surface area contributed by atoms with Gasteiger partial charge in [-0.3, -0.25) is 19.5 Å². The third kappa shape index (κ3) is 3.76. The molecule has 4 rings (SSSR count). The molecule has 0 spiro atoms. The van der Waals surface area contributed by atoms with Crippen LogP contribution in [0.25, 0.3) is 11.0 Å². The summed E-state index contributed by atoms with van der Waals surface area (Å²) < 4.78 is 0. The number of piperazine rings is 1. The fourth-order valence-corrected chi connectivity index (χ4v) is 3.04. The van der Waals surface area contributed by atoms with Crippen molar-refractivity contribution in [3.8, 4) is 0 Å². The molecule has 1 N–H and O–H groups in total. The fraction of sp³-hybridized carbons (Fsp3) is 0.444. The summed E-state index contributed by atoms with van der Waals surface area (Å²) in [4.78, 5) is 37.1. The zero-order valence-electron chi connectivity index (χ0n) is 14.0. The van der Waals surface area contributed by atoms with Crippen molar-refractivity contribution in [3.05, 3.63) is 36.2 Å². The average molecular weight is 339 g/mol. The Bertz CT molecular complexity index is 797. The van der Waals surface area contributed by atoms with Gasteiger partial charge in [-0.1, -0.05) is 12.1 Å². The number of para-hydroxylation sites is 2. The smallest absolute Gasteiger partial charge is 0.274 e. The molecule has 7 heteroatoms. The maximum Gasteiger partial charge on any atom is 0.274 e.